The number of hydrogen-bond acceptors (Lipinski definition) is 3. The molecular weight excluding hydrogens is 200 g/mol. The summed E-state index contributed by atoms with van der Waals surface area (Å²) in [6.45, 7) is 1.76. The fraction of sp³-hybridized carbons (Fsp3) is 0.692. The predicted octanol–water partition coefficient (Wildman–Crippen LogP) is 2.40. The van der Waals surface area contributed by atoms with E-state index in [0.717, 1.165) is 18.2 Å². The maximum Gasteiger partial charge on any atom is 0.122 e. The molecule has 0 aliphatic heterocycles. The molecule has 0 aromatic carbocycles. The van der Waals surface area contributed by atoms with E-state index in [-0.39, 0.29) is 6.04 Å². The second-order valence-corrected chi connectivity index (χ2v) is 4.86. The maximum absolute atomic E-state index is 5.84. The zero-order valence-corrected chi connectivity index (χ0v) is 10.1. The van der Waals surface area contributed by atoms with Crippen LogP contribution >= 0.6 is 0 Å². The van der Waals surface area contributed by atoms with E-state index in [1.54, 1.807) is 6.26 Å². The van der Waals surface area contributed by atoms with Crippen LogP contribution in [0.1, 0.15) is 37.5 Å². The van der Waals surface area contributed by atoms with Gasteiger partial charge in [0.2, 0.25) is 0 Å². The van der Waals surface area contributed by atoms with E-state index < -0.39 is 0 Å². The Morgan fingerprint density at radius 3 is 2.81 bits per heavy atom. The Balaban J connectivity index is 1.93. The van der Waals surface area contributed by atoms with Gasteiger partial charge < -0.3 is 10.2 Å². The van der Waals surface area contributed by atoms with Gasteiger partial charge in [-0.2, -0.15) is 0 Å². The van der Waals surface area contributed by atoms with Crippen molar-refractivity contribution in [1.29, 1.82) is 0 Å². The highest BCUT2D eigenvalue weighted by molar-refractivity contribution is 5.05. The van der Waals surface area contributed by atoms with E-state index in [1.807, 2.05) is 12.1 Å². The van der Waals surface area contributed by atoms with Crippen molar-refractivity contribution < 1.29 is 4.42 Å². The van der Waals surface area contributed by atoms with Crippen LogP contribution in [0, 0.1) is 5.92 Å². The fourth-order valence-electron chi connectivity index (χ4n) is 2.72. The van der Waals surface area contributed by atoms with Gasteiger partial charge in [0.1, 0.15) is 5.76 Å². The van der Waals surface area contributed by atoms with E-state index >= 15 is 0 Å². The van der Waals surface area contributed by atoms with Crippen LogP contribution in [0.4, 0.5) is 0 Å². The molecule has 1 aromatic rings. The Morgan fingerprint density at radius 2 is 2.25 bits per heavy atom. The average Bonchev–Trinajstić information content (AvgIpc) is 2.91. The molecule has 3 heteroatoms. The van der Waals surface area contributed by atoms with Crippen molar-refractivity contribution in [3.05, 3.63) is 24.2 Å². The standard InChI is InChI=1S/C13H22N2O/c1-15(10-11-5-2-3-6-11)12(9-14)13-7-4-8-16-13/h4,7-8,11-12H,2-3,5-6,9-10,14H2,1H3. The first kappa shape index (κ1) is 11.7. The molecule has 1 unspecified atom stereocenters. The lowest BCUT2D eigenvalue weighted by atomic mass is 10.1. The third kappa shape index (κ3) is 2.66. The number of nitrogens with two attached hydrogens (primary N) is 1. The van der Waals surface area contributed by atoms with Gasteiger partial charge >= 0.3 is 0 Å². The molecule has 1 aliphatic rings. The summed E-state index contributed by atoms with van der Waals surface area (Å²) in [7, 11) is 2.15. The molecule has 1 aliphatic carbocycles. The molecule has 1 aromatic heterocycles. The Kier molecular flexibility index (Phi) is 4.02. The molecule has 0 amide bonds. The van der Waals surface area contributed by atoms with Crippen molar-refractivity contribution in [1.82, 2.24) is 4.90 Å². The summed E-state index contributed by atoms with van der Waals surface area (Å²) < 4.78 is 5.45. The summed E-state index contributed by atoms with van der Waals surface area (Å²) in [4.78, 5) is 2.34. The molecule has 1 saturated carbocycles. The monoisotopic (exact) mass is 222 g/mol. The number of hydrogen-bond donors (Lipinski definition) is 1. The zero-order valence-electron chi connectivity index (χ0n) is 10.1. The Hall–Kier alpha value is -0.800. The van der Waals surface area contributed by atoms with Gasteiger partial charge in [-0.05, 0) is 37.9 Å². The smallest absolute Gasteiger partial charge is 0.122 e. The summed E-state index contributed by atoms with van der Waals surface area (Å²) in [5.41, 5.74) is 5.84. The Labute approximate surface area is 97.6 Å². The van der Waals surface area contributed by atoms with Gasteiger partial charge in [0.15, 0.2) is 0 Å². The molecule has 1 atom stereocenters. The molecule has 3 nitrogen and oxygen atoms in total. The normalized spacial score (nSPS) is 19.4. The molecule has 16 heavy (non-hydrogen) atoms. The molecule has 2 N–H and O–H groups in total. The third-order valence-corrected chi connectivity index (χ3v) is 3.65. The number of nitrogens with zero attached hydrogens (tertiary/aromatic N) is 1. The summed E-state index contributed by atoms with van der Waals surface area (Å²) in [5.74, 6) is 1.84. The predicted molar refractivity (Wildman–Crippen MR) is 65.1 cm³/mol. The summed E-state index contributed by atoms with van der Waals surface area (Å²) >= 11 is 0. The first-order valence-corrected chi connectivity index (χ1v) is 6.25. The summed E-state index contributed by atoms with van der Waals surface area (Å²) in [6, 6.07) is 4.18. The highest BCUT2D eigenvalue weighted by Gasteiger charge is 2.23. The van der Waals surface area contributed by atoms with Gasteiger partial charge in [0.05, 0.1) is 12.3 Å². The van der Waals surface area contributed by atoms with Gasteiger partial charge in [0, 0.05) is 13.1 Å². The van der Waals surface area contributed by atoms with Crippen LogP contribution in [0.2, 0.25) is 0 Å². The van der Waals surface area contributed by atoms with Crippen LogP contribution in [-0.2, 0) is 0 Å². The van der Waals surface area contributed by atoms with E-state index in [4.69, 9.17) is 10.2 Å². The van der Waals surface area contributed by atoms with E-state index in [0.29, 0.717) is 6.54 Å². The highest BCUT2D eigenvalue weighted by atomic mass is 16.3. The van der Waals surface area contributed by atoms with Crippen LogP contribution in [0.15, 0.2) is 22.8 Å². The van der Waals surface area contributed by atoms with Crippen LogP contribution in [0.25, 0.3) is 0 Å². The molecular formula is C13H22N2O. The SMILES string of the molecule is CN(CC1CCCC1)C(CN)c1ccco1. The second kappa shape index (κ2) is 5.51. The van der Waals surface area contributed by atoms with Crippen LogP contribution < -0.4 is 5.73 Å². The molecule has 0 radical (unpaired) electrons. The van der Waals surface area contributed by atoms with Gasteiger partial charge in [0.25, 0.3) is 0 Å². The van der Waals surface area contributed by atoms with Crippen molar-refractivity contribution in [3.8, 4) is 0 Å². The van der Waals surface area contributed by atoms with E-state index in [9.17, 15) is 0 Å². The lowest BCUT2D eigenvalue weighted by molar-refractivity contribution is 0.190. The van der Waals surface area contributed by atoms with Gasteiger partial charge in [-0.1, -0.05) is 12.8 Å². The molecule has 0 saturated heterocycles. The quantitative estimate of drug-likeness (QED) is 0.832. The molecule has 0 bridgehead atoms. The van der Waals surface area contributed by atoms with Gasteiger partial charge in [-0.3, -0.25) is 4.90 Å². The minimum Gasteiger partial charge on any atom is -0.468 e. The topological polar surface area (TPSA) is 42.4 Å². The average molecular weight is 222 g/mol. The number of furan rings is 1. The van der Waals surface area contributed by atoms with Crippen LogP contribution in [0.3, 0.4) is 0 Å². The van der Waals surface area contributed by atoms with Crippen LogP contribution in [-0.4, -0.2) is 25.0 Å². The molecule has 1 fully saturated rings. The summed E-state index contributed by atoms with van der Waals surface area (Å²) in [6.07, 6.45) is 7.26. The molecule has 1 heterocycles. The van der Waals surface area contributed by atoms with Crippen molar-refractivity contribution in [2.24, 2.45) is 11.7 Å². The highest BCUT2D eigenvalue weighted by Crippen LogP contribution is 2.28. The largest absolute Gasteiger partial charge is 0.468 e. The molecule has 2 rings (SSSR count). The maximum atomic E-state index is 5.84. The van der Waals surface area contributed by atoms with Gasteiger partial charge in [-0.25, -0.2) is 0 Å². The Morgan fingerprint density at radius 1 is 1.50 bits per heavy atom. The van der Waals surface area contributed by atoms with Crippen molar-refractivity contribution in [3.63, 3.8) is 0 Å². The molecule has 0 spiro atoms. The fourth-order valence-corrected chi connectivity index (χ4v) is 2.72. The third-order valence-electron chi connectivity index (χ3n) is 3.65. The second-order valence-electron chi connectivity index (χ2n) is 4.86. The Bertz CT molecular complexity index is 291. The van der Waals surface area contributed by atoms with Crippen molar-refractivity contribution in [2.75, 3.05) is 20.1 Å². The number of likely N-dealkylation sites (N-methyl/N-ethyl adjacent to an activating group) is 1. The number of rotatable bonds is 5. The zero-order chi connectivity index (χ0) is 11.4. The molecule has 90 valence electrons. The summed E-state index contributed by atoms with van der Waals surface area (Å²) in [5, 5.41) is 0. The van der Waals surface area contributed by atoms with Gasteiger partial charge in [-0.15, -0.1) is 0 Å². The first-order valence-electron chi connectivity index (χ1n) is 6.25. The van der Waals surface area contributed by atoms with E-state index in [2.05, 4.69) is 11.9 Å². The first-order chi connectivity index (χ1) is 7.81. The lowest BCUT2D eigenvalue weighted by Gasteiger charge is -2.27. The minimum absolute atomic E-state index is 0.232. The van der Waals surface area contributed by atoms with Crippen molar-refractivity contribution >= 4 is 0 Å². The van der Waals surface area contributed by atoms with Crippen LogP contribution in [0.5, 0.6) is 0 Å². The van der Waals surface area contributed by atoms with E-state index in [1.165, 1.54) is 25.7 Å². The lowest BCUT2D eigenvalue weighted by Crippen LogP contribution is -2.33. The minimum atomic E-state index is 0.232. The van der Waals surface area contributed by atoms with Crippen molar-refractivity contribution in [2.45, 2.75) is 31.7 Å².